The second-order valence-corrected chi connectivity index (χ2v) is 8.53. The molecule has 0 radical (unpaired) electrons. The van der Waals surface area contributed by atoms with Crippen molar-refractivity contribution in [3.63, 3.8) is 0 Å². The van der Waals surface area contributed by atoms with E-state index in [-0.39, 0.29) is 32.3 Å². The Labute approximate surface area is 198 Å². The zero-order valence-corrected chi connectivity index (χ0v) is 18.0. The predicted octanol–water partition coefficient (Wildman–Crippen LogP) is 3.90. The van der Waals surface area contributed by atoms with Crippen LogP contribution in [0.3, 0.4) is 0 Å². The van der Waals surface area contributed by atoms with Crippen molar-refractivity contribution >= 4 is 11.0 Å². The molecule has 2 aliphatic rings. The van der Waals surface area contributed by atoms with E-state index in [4.69, 9.17) is 24.9 Å². The molecule has 4 heterocycles. The number of H-pyrrole nitrogens is 1. The Morgan fingerprint density at radius 2 is 1.65 bits per heavy atom. The summed E-state index contributed by atoms with van der Waals surface area (Å²) in [6.45, 7) is 1.03. The highest BCUT2D eigenvalue weighted by Gasteiger charge is 2.48. The quantitative estimate of drug-likeness (QED) is 0.418. The number of aliphatic hydroxyl groups excluding tert-OH is 1. The summed E-state index contributed by atoms with van der Waals surface area (Å²) in [5, 5.41) is 9.94. The van der Waals surface area contributed by atoms with Crippen molar-refractivity contribution in [3.05, 3.63) is 72.3 Å². The van der Waals surface area contributed by atoms with Crippen LogP contribution in [0.25, 0.3) is 33.4 Å². The molecule has 176 valence electrons. The summed E-state index contributed by atoms with van der Waals surface area (Å²) < 4.78 is 17.4. The minimum atomic E-state index is -0.601. The van der Waals surface area contributed by atoms with Gasteiger partial charge in [-0.05, 0) is 22.8 Å². The number of pyridine rings is 1. The van der Waals surface area contributed by atoms with E-state index in [2.05, 4.69) is 41.4 Å². The summed E-state index contributed by atoms with van der Waals surface area (Å²) >= 11 is 0. The molecule has 0 spiro atoms. The lowest BCUT2D eigenvalue weighted by Gasteiger charge is -2.16. The maximum Gasteiger partial charge on any atom is 0.193 e. The largest absolute Gasteiger partial charge is 0.470 e. The molecule has 34 heavy (non-hydrogen) atoms. The van der Waals surface area contributed by atoms with Gasteiger partial charge in [0.2, 0.25) is 0 Å². The maximum absolute atomic E-state index is 9.94. The minimum Gasteiger partial charge on any atom is -0.470 e. The number of hydrogen-bond acceptors (Lipinski definition) is 6. The zero-order chi connectivity index (χ0) is 22.4. The van der Waals surface area contributed by atoms with Crippen molar-refractivity contribution in [2.24, 2.45) is 5.73 Å². The van der Waals surface area contributed by atoms with Crippen LogP contribution in [-0.2, 0) is 16.0 Å². The van der Waals surface area contributed by atoms with Crippen molar-refractivity contribution in [1.29, 1.82) is 0 Å². The van der Waals surface area contributed by atoms with Crippen LogP contribution in [0.4, 0.5) is 0 Å². The summed E-state index contributed by atoms with van der Waals surface area (Å²) in [7, 11) is 0. The third-order valence-electron chi connectivity index (χ3n) is 6.40. The van der Waals surface area contributed by atoms with Crippen LogP contribution in [0.15, 0.2) is 66.7 Å². The minimum absolute atomic E-state index is 0. The molecule has 7 heteroatoms. The fourth-order valence-electron chi connectivity index (χ4n) is 4.70. The number of nitrogens with zero attached hydrogens (tertiary/aromatic N) is 1. The molecule has 4 N–H and O–H groups in total. The maximum atomic E-state index is 9.94. The lowest BCUT2D eigenvalue weighted by atomic mass is 10.0. The average Bonchev–Trinajstić information content (AvgIpc) is 3.55. The zero-order valence-electron chi connectivity index (χ0n) is 18.0. The molecule has 3 unspecified atom stereocenters. The first kappa shape index (κ1) is 22.6. The Morgan fingerprint density at radius 3 is 2.41 bits per heavy atom. The van der Waals surface area contributed by atoms with Crippen LogP contribution in [0.1, 0.15) is 13.0 Å². The molecule has 0 aliphatic carbocycles. The van der Waals surface area contributed by atoms with Gasteiger partial charge in [-0.2, -0.15) is 0 Å². The van der Waals surface area contributed by atoms with Gasteiger partial charge in [0.25, 0.3) is 0 Å². The lowest BCUT2D eigenvalue weighted by Crippen LogP contribution is -2.34. The number of nitrogens with one attached hydrogen (secondary N) is 1. The van der Waals surface area contributed by atoms with Crippen molar-refractivity contribution in [2.45, 2.75) is 38.4 Å². The molecule has 2 aromatic heterocycles. The topological polar surface area (TPSA) is 103 Å². The molecule has 2 aromatic carbocycles. The van der Waals surface area contributed by atoms with Gasteiger partial charge in [0, 0.05) is 18.2 Å². The molecule has 2 fully saturated rings. The third-order valence-corrected chi connectivity index (χ3v) is 6.40. The Morgan fingerprint density at radius 1 is 0.941 bits per heavy atom. The van der Waals surface area contributed by atoms with Crippen molar-refractivity contribution < 1.29 is 19.3 Å². The van der Waals surface area contributed by atoms with Gasteiger partial charge in [-0.3, -0.25) is 0 Å². The number of nitrogens with two attached hydrogens (primary N) is 1. The Balaban J connectivity index is 0.00000241. The van der Waals surface area contributed by atoms with E-state index in [0.29, 0.717) is 19.0 Å². The summed E-state index contributed by atoms with van der Waals surface area (Å²) in [6.07, 6.45) is -1.47. The van der Waals surface area contributed by atoms with E-state index >= 15 is 0 Å². The van der Waals surface area contributed by atoms with Crippen molar-refractivity contribution in [3.8, 4) is 28.3 Å². The van der Waals surface area contributed by atoms with Gasteiger partial charge >= 0.3 is 0 Å². The van der Waals surface area contributed by atoms with Gasteiger partial charge in [0.15, 0.2) is 12.0 Å². The lowest BCUT2D eigenvalue weighted by molar-refractivity contribution is 0.00794. The normalized spacial score (nSPS) is 23.6. The van der Waals surface area contributed by atoms with Crippen LogP contribution in [-0.4, -0.2) is 52.7 Å². The molecule has 0 amide bonds. The van der Waals surface area contributed by atoms with Crippen LogP contribution in [0.2, 0.25) is 0 Å². The van der Waals surface area contributed by atoms with Gasteiger partial charge in [0.05, 0.1) is 29.9 Å². The highest BCUT2D eigenvalue weighted by atomic mass is 16.6. The number of ether oxygens (including phenoxy) is 3. The van der Waals surface area contributed by atoms with Gasteiger partial charge < -0.3 is 30.0 Å². The van der Waals surface area contributed by atoms with E-state index in [1.54, 1.807) is 0 Å². The number of aliphatic hydroxyl groups is 1. The van der Waals surface area contributed by atoms with E-state index in [0.717, 1.165) is 33.4 Å². The first-order valence-electron chi connectivity index (χ1n) is 11.2. The summed E-state index contributed by atoms with van der Waals surface area (Å²) in [6, 6.07) is 22.6. The number of fused-ring (bicyclic) bond motifs is 2. The number of benzene rings is 2. The summed E-state index contributed by atoms with van der Waals surface area (Å²) in [5.74, 6) is 0.594. The third kappa shape index (κ3) is 3.97. The Kier molecular flexibility index (Phi) is 6.10. The smallest absolute Gasteiger partial charge is 0.193 e. The van der Waals surface area contributed by atoms with Crippen LogP contribution < -0.4 is 10.5 Å². The molecule has 4 atom stereocenters. The van der Waals surface area contributed by atoms with Crippen LogP contribution in [0.5, 0.6) is 5.88 Å². The second-order valence-electron chi connectivity index (χ2n) is 8.53. The molecule has 2 aliphatic heterocycles. The highest BCUT2D eigenvalue weighted by molar-refractivity contribution is 5.83. The van der Waals surface area contributed by atoms with E-state index in [1.165, 1.54) is 5.56 Å². The molecular weight excluding hydrogens is 430 g/mol. The number of rotatable bonds is 5. The summed E-state index contributed by atoms with van der Waals surface area (Å²) in [5.41, 5.74) is 12.9. The van der Waals surface area contributed by atoms with Gasteiger partial charge in [-0.15, -0.1) is 0 Å². The molecule has 0 saturated carbocycles. The Hall–Kier alpha value is -3.23. The monoisotopic (exact) mass is 459 g/mol. The number of hydrogen-bond donors (Lipinski definition) is 3. The molecule has 6 rings (SSSR count). The Bertz CT molecular complexity index is 1270. The summed E-state index contributed by atoms with van der Waals surface area (Å²) in [4.78, 5) is 8.18. The molecule has 0 bridgehead atoms. The van der Waals surface area contributed by atoms with E-state index < -0.39 is 6.10 Å². The molecule has 4 aromatic rings. The number of aromatic nitrogens is 2. The van der Waals surface area contributed by atoms with Gasteiger partial charge in [-0.25, -0.2) is 4.98 Å². The van der Waals surface area contributed by atoms with Crippen molar-refractivity contribution in [1.82, 2.24) is 9.97 Å². The van der Waals surface area contributed by atoms with E-state index in [9.17, 15) is 5.11 Å². The van der Waals surface area contributed by atoms with Crippen LogP contribution >= 0.6 is 0 Å². The van der Waals surface area contributed by atoms with Crippen molar-refractivity contribution in [2.75, 3.05) is 13.2 Å². The molecule has 2 saturated heterocycles. The fourth-order valence-corrected chi connectivity index (χ4v) is 4.70. The van der Waals surface area contributed by atoms with E-state index in [1.807, 2.05) is 30.3 Å². The van der Waals surface area contributed by atoms with Gasteiger partial charge in [-0.1, -0.05) is 62.0 Å². The van der Waals surface area contributed by atoms with Crippen LogP contribution in [0, 0.1) is 0 Å². The standard InChI is InChI=1S/C26H25N3O4.CH4/c27-12-18-10-19-20(11-23(28-19)33-22-14-32-25-21(30)13-31-26(22)25)29-24(18)17-8-6-16(7-9-17)15-4-2-1-3-5-15;/h1-11,21-22,25-26,28,30H,12-14,27H2;1H4/t21?,22?,25?,26-;/m1./s1. The first-order valence-corrected chi connectivity index (χ1v) is 11.2. The second kappa shape index (κ2) is 9.19. The average molecular weight is 460 g/mol. The van der Waals surface area contributed by atoms with Gasteiger partial charge in [0.1, 0.15) is 18.3 Å². The first-order chi connectivity index (χ1) is 16.2. The molecule has 7 nitrogen and oxygen atoms in total. The molecular formula is C27H29N3O4. The highest BCUT2D eigenvalue weighted by Crippen LogP contribution is 2.32. The predicted molar refractivity (Wildman–Crippen MR) is 131 cm³/mol. The number of aromatic amines is 1. The SMILES string of the molecule is C.NCc1cc2[nH]c(OC3COC4C(O)CO[C@H]34)cc2nc1-c1ccc(-c2ccccc2)cc1. The fraction of sp³-hybridized carbons (Fsp3) is 0.296.